The summed E-state index contributed by atoms with van der Waals surface area (Å²) in [4.78, 5) is 3.50. The van der Waals surface area contributed by atoms with Crippen LogP contribution in [0.15, 0.2) is 0 Å². The number of rotatable bonds is 5. The first kappa shape index (κ1) is 7.80. The van der Waals surface area contributed by atoms with Gasteiger partial charge in [0.15, 0.2) is 13.6 Å². The molecule has 0 rings (SSSR count). The SMILES string of the molecule is OCOCOCOO. The van der Waals surface area contributed by atoms with Crippen LogP contribution in [0.1, 0.15) is 0 Å². The molecule has 0 saturated heterocycles. The molecule has 0 aliphatic rings. The van der Waals surface area contributed by atoms with E-state index in [9.17, 15) is 0 Å². The Labute approximate surface area is 46.3 Å². The van der Waals surface area contributed by atoms with Gasteiger partial charge in [-0.3, -0.25) is 0 Å². The Morgan fingerprint density at radius 3 is 2.38 bits per heavy atom. The smallest absolute Gasteiger partial charge is 0.183 e. The minimum Gasteiger partial charge on any atom is -0.371 e. The first-order valence-corrected chi connectivity index (χ1v) is 1.94. The van der Waals surface area contributed by atoms with Crippen LogP contribution in [-0.4, -0.2) is 30.7 Å². The summed E-state index contributed by atoms with van der Waals surface area (Å²) >= 11 is 0. The van der Waals surface area contributed by atoms with Crippen molar-refractivity contribution in [2.45, 2.75) is 0 Å². The van der Waals surface area contributed by atoms with E-state index in [1.807, 2.05) is 0 Å². The summed E-state index contributed by atoms with van der Waals surface area (Å²) in [6.07, 6.45) is 0. The molecule has 0 aromatic rings. The summed E-state index contributed by atoms with van der Waals surface area (Å²) in [6, 6.07) is 0. The van der Waals surface area contributed by atoms with E-state index in [0.29, 0.717) is 0 Å². The van der Waals surface area contributed by atoms with Crippen LogP contribution in [0, 0.1) is 0 Å². The van der Waals surface area contributed by atoms with Crippen LogP contribution < -0.4 is 0 Å². The Morgan fingerprint density at radius 1 is 1.12 bits per heavy atom. The maximum Gasteiger partial charge on any atom is 0.183 e. The molecule has 2 N–H and O–H groups in total. The summed E-state index contributed by atoms with van der Waals surface area (Å²) in [5.74, 6) is 0. The van der Waals surface area contributed by atoms with E-state index in [1.54, 1.807) is 0 Å². The second-order valence-corrected chi connectivity index (χ2v) is 0.902. The van der Waals surface area contributed by atoms with Crippen LogP contribution in [0.3, 0.4) is 0 Å². The van der Waals surface area contributed by atoms with Crippen molar-refractivity contribution in [3.63, 3.8) is 0 Å². The van der Waals surface area contributed by atoms with Gasteiger partial charge in [-0.1, -0.05) is 0 Å². The van der Waals surface area contributed by atoms with Gasteiger partial charge in [-0.2, -0.15) is 0 Å². The largest absolute Gasteiger partial charge is 0.371 e. The van der Waals surface area contributed by atoms with Gasteiger partial charge in [-0.15, -0.1) is 0 Å². The van der Waals surface area contributed by atoms with E-state index in [4.69, 9.17) is 10.4 Å². The fourth-order valence-corrected chi connectivity index (χ4v) is 0.167. The third-order valence-electron chi connectivity index (χ3n) is 0.394. The summed E-state index contributed by atoms with van der Waals surface area (Å²) in [5, 5.41) is 15.6. The predicted octanol–water partition coefficient (Wildman–Crippen LogP) is -0.626. The molecule has 0 saturated carbocycles. The number of aliphatic hydroxyl groups is 1. The van der Waals surface area contributed by atoms with E-state index in [2.05, 4.69) is 14.4 Å². The first-order chi connectivity index (χ1) is 3.91. The highest BCUT2D eigenvalue weighted by molar-refractivity contribution is 3.95. The van der Waals surface area contributed by atoms with E-state index < -0.39 is 6.79 Å². The molecule has 5 heteroatoms. The number of hydrogen-bond acceptors (Lipinski definition) is 5. The van der Waals surface area contributed by atoms with Crippen LogP contribution in [0.4, 0.5) is 0 Å². The molecule has 0 radical (unpaired) electrons. The fourth-order valence-electron chi connectivity index (χ4n) is 0.167. The Hall–Kier alpha value is -0.200. The number of hydrogen-bond donors (Lipinski definition) is 2. The van der Waals surface area contributed by atoms with Gasteiger partial charge < -0.3 is 14.6 Å². The monoisotopic (exact) mass is 124 g/mol. The zero-order valence-corrected chi connectivity index (χ0v) is 4.24. The van der Waals surface area contributed by atoms with Crippen LogP contribution in [0.25, 0.3) is 0 Å². The normalized spacial score (nSPS) is 9.75. The molecule has 5 nitrogen and oxygen atoms in total. The van der Waals surface area contributed by atoms with Crippen LogP contribution >= 0.6 is 0 Å². The second kappa shape index (κ2) is 6.80. The molecule has 0 spiro atoms. The van der Waals surface area contributed by atoms with Gasteiger partial charge in [0.1, 0.15) is 6.79 Å². The molecule has 50 valence electrons. The molecule has 0 heterocycles. The molecule has 0 amide bonds. The van der Waals surface area contributed by atoms with E-state index in [1.165, 1.54) is 0 Å². The van der Waals surface area contributed by atoms with Gasteiger partial charge in [-0.05, 0) is 0 Å². The number of aliphatic hydroxyl groups excluding tert-OH is 1. The topological polar surface area (TPSA) is 68.2 Å². The van der Waals surface area contributed by atoms with Crippen molar-refractivity contribution in [1.29, 1.82) is 0 Å². The lowest BCUT2D eigenvalue weighted by atomic mass is 11.3. The van der Waals surface area contributed by atoms with Crippen molar-refractivity contribution in [2.75, 3.05) is 20.4 Å². The van der Waals surface area contributed by atoms with Gasteiger partial charge in [0.05, 0.1) is 0 Å². The van der Waals surface area contributed by atoms with Crippen molar-refractivity contribution in [3.8, 4) is 0 Å². The lowest BCUT2D eigenvalue weighted by Crippen LogP contribution is -2.02. The van der Waals surface area contributed by atoms with E-state index >= 15 is 0 Å². The Balaban J connectivity index is 2.53. The fraction of sp³-hybridized carbons (Fsp3) is 1.00. The Kier molecular flexibility index (Phi) is 6.63. The zero-order valence-electron chi connectivity index (χ0n) is 4.24. The molecule has 0 atom stereocenters. The van der Waals surface area contributed by atoms with Gasteiger partial charge in [0, 0.05) is 0 Å². The summed E-state index contributed by atoms with van der Waals surface area (Å²) in [5.41, 5.74) is 0. The first-order valence-electron chi connectivity index (χ1n) is 1.94. The Bertz CT molecular complexity index is 32.7. The summed E-state index contributed by atoms with van der Waals surface area (Å²) < 4.78 is 8.65. The molecule has 0 unspecified atom stereocenters. The van der Waals surface area contributed by atoms with Crippen molar-refractivity contribution in [3.05, 3.63) is 0 Å². The number of ether oxygens (including phenoxy) is 2. The second-order valence-electron chi connectivity index (χ2n) is 0.902. The van der Waals surface area contributed by atoms with Gasteiger partial charge in [-0.25, -0.2) is 10.1 Å². The maximum absolute atomic E-state index is 7.96. The highest BCUT2D eigenvalue weighted by atomic mass is 17.1. The lowest BCUT2D eigenvalue weighted by Gasteiger charge is -1.98. The molecule has 0 fully saturated rings. The average Bonchev–Trinajstić information content (AvgIpc) is 1.81. The molecular formula is C3H8O5. The molecule has 0 aromatic carbocycles. The van der Waals surface area contributed by atoms with Crippen molar-refractivity contribution in [1.82, 2.24) is 0 Å². The van der Waals surface area contributed by atoms with E-state index in [0.717, 1.165) is 0 Å². The van der Waals surface area contributed by atoms with E-state index in [-0.39, 0.29) is 13.6 Å². The zero-order chi connectivity index (χ0) is 6.24. The van der Waals surface area contributed by atoms with Crippen molar-refractivity contribution < 1.29 is 24.7 Å². The summed E-state index contributed by atoms with van der Waals surface area (Å²) in [7, 11) is 0. The maximum atomic E-state index is 7.96. The molecule has 0 bridgehead atoms. The minimum absolute atomic E-state index is 0.0862. The minimum atomic E-state index is -0.397. The van der Waals surface area contributed by atoms with Gasteiger partial charge in [0.2, 0.25) is 0 Å². The van der Waals surface area contributed by atoms with Crippen molar-refractivity contribution in [2.24, 2.45) is 0 Å². The van der Waals surface area contributed by atoms with Crippen molar-refractivity contribution >= 4 is 0 Å². The Morgan fingerprint density at radius 2 is 1.88 bits per heavy atom. The standard InChI is InChI=1S/C3H8O5/c4-1-6-2-7-3-8-5/h4-5H,1-3H2. The third kappa shape index (κ3) is 5.80. The van der Waals surface area contributed by atoms with Crippen LogP contribution in [0.5, 0.6) is 0 Å². The predicted molar refractivity (Wildman–Crippen MR) is 22.7 cm³/mol. The lowest BCUT2D eigenvalue weighted by molar-refractivity contribution is -0.310. The van der Waals surface area contributed by atoms with Gasteiger partial charge in [0.25, 0.3) is 0 Å². The molecule has 8 heavy (non-hydrogen) atoms. The third-order valence-corrected chi connectivity index (χ3v) is 0.394. The van der Waals surface area contributed by atoms with Crippen LogP contribution in [0.2, 0.25) is 0 Å². The van der Waals surface area contributed by atoms with Gasteiger partial charge >= 0.3 is 0 Å². The summed E-state index contributed by atoms with van der Waals surface area (Å²) in [6.45, 7) is -0.734. The highest BCUT2D eigenvalue weighted by Crippen LogP contribution is 1.74. The molecule has 0 aliphatic heterocycles. The molecule has 0 aromatic heterocycles. The average molecular weight is 124 g/mol. The van der Waals surface area contributed by atoms with Crippen LogP contribution in [-0.2, 0) is 14.4 Å². The molecule has 0 aliphatic carbocycles. The molecular weight excluding hydrogens is 116 g/mol. The highest BCUT2D eigenvalue weighted by Gasteiger charge is 1.82. The quantitative estimate of drug-likeness (QED) is 0.221.